The summed E-state index contributed by atoms with van der Waals surface area (Å²) in [5.74, 6) is 2.07. The van der Waals surface area contributed by atoms with Gasteiger partial charge in [0.05, 0.1) is 6.10 Å². The van der Waals surface area contributed by atoms with Gasteiger partial charge in [-0.25, -0.2) is 0 Å². The molecule has 17 heavy (non-hydrogen) atoms. The van der Waals surface area contributed by atoms with Crippen LogP contribution in [0.3, 0.4) is 0 Å². The molecule has 0 spiro atoms. The molecule has 2 fully saturated rings. The van der Waals surface area contributed by atoms with Crippen LogP contribution in [0.4, 0.5) is 0 Å². The van der Waals surface area contributed by atoms with Gasteiger partial charge in [-0.15, -0.1) is 0 Å². The van der Waals surface area contributed by atoms with Gasteiger partial charge in [0.1, 0.15) is 0 Å². The van der Waals surface area contributed by atoms with E-state index in [1.165, 1.54) is 25.9 Å². The van der Waals surface area contributed by atoms with Gasteiger partial charge >= 0.3 is 0 Å². The number of aliphatic hydroxyl groups excluding tert-OH is 1. The minimum Gasteiger partial charge on any atom is -0.393 e. The van der Waals surface area contributed by atoms with Crippen LogP contribution >= 0.6 is 0 Å². The molecule has 0 aromatic rings. The second-order valence-corrected chi connectivity index (χ2v) is 6.10. The van der Waals surface area contributed by atoms with Crippen molar-refractivity contribution in [2.75, 3.05) is 32.7 Å². The van der Waals surface area contributed by atoms with Crippen molar-refractivity contribution in [3.05, 3.63) is 0 Å². The van der Waals surface area contributed by atoms with Crippen LogP contribution < -0.4 is 5.32 Å². The van der Waals surface area contributed by atoms with E-state index in [2.05, 4.69) is 24.1 Å². The minimum absolute atomic E-state index is 0.0153. The molecule has 1 saturated heterocycles. The Morgan fingerprint density at radius 2 is 2.18 bits per heavy atom. The second kappa shape index (κ2) is 6.17. The van der Waals surface area contributed by atoms with Crippen LogP contribution in [0.25, 0.3) is 0 Å². The maximum Gasteiger partial charge on any atom is 0.0583 e. The van der Waals surface area contributed by atoms with Gasteiger partial charge in [-0.05, 0) is 44.2 Å². The molecule has 1 aliphatic carbocycles. The molecule has 0 radical (unpaired) electrons. The molecule has 1 aliphatic heterocycles. The maximum atomic E-state index is 9.89. The Kier molecular flexibility index (Phi) is 4.83. The first-order valence-corrected chi connectivity index (χ1v) is 7.31. The zero-order valence-electron chi connectivity index (χ0n) is 11.4. The summed E-state index contributed by atoms with van der Waals surface area (Å²) in [6, 6.07) is 0. The van der Waals surface area contributed by atoms with Gasteiger partial charge in [0.2, 0.25) is 0 Å². The lowest BCUT2D eigenvalue weighted by atomic mass is 10.00. The summed E-state index contributed by atoms with van der Waals surface area (Å²) in [6.45, 7) is 10.3. The molecular formula is C14H28N2O. The van der Waals surface area contributed by atoms with Gasteiger partial charge in [-0.2, -0.15) is 0 Å². The zero-order valence-corrected chi connectivity index (χ0v) is 11.4. The molecule has 2 N–H and O–H groups in total. The normalized spacial score (nSPS) is 35.1. The fourth-order valence-corrected chi connectivity index (χ4v) is 3.51. The fraction of sp³-hybridized carbons (Fsp3) is 1.00. The standard InChI is InChI=1S/C14H28N2O/c1-3-6-15-7-11(2)8-16-9-12-4-5-14(17)13(12)10-16/h11-15,17H,3-10H2,1-2H3. The average Bonchev–Trinajstić information content (AvgIpc) is 2.82. The number of aliphatic hydroxyl groups is 1. The Hall–Kier alpha value is -0.120. The van der Waals surface area contributed by atoms with Crippen molar-refractivity contribution >= 4 is 0 Å². The average molecular weight is 240 g/mol. The number of hydrogen-bond donors (Lipinski definition) is 2. The Labute approximate surface area is 106 Å². The van der Waals surface area contributed by atoms with Gasteiger partial charge in [0.25, 0.3) is 0 Å². The van der Waals surface area contributed by atoms with E-state index < -0.39 is 0 Å². The number of nitrogens with one attached hydrogen (secondary N) is 1. The summed E-state index contributed by atoms with van der Waals surface area (Å²) in [7, 11) is 0. The zero-order chi connectivity index (χ0) is 12.3. The Bertz CT molecular complexity index is 234. The molecule has 0 bridgehead atoms. The lowest BCUT2D eigenvalue weighted by molar-refractivity contribution is 0.122. The molecular weight excluding hydrogens is 212 g/mol. The SMILES string of the molecule is CCCNCC(C)CN1CC2CCC(O)C2C1. The third-order valence-corrected chi connectivity index (χ3v) is 4.38. The highest BCUT2D eigenvalue weighted by Crippen LogP contribution is 2.38. The molecule has 3 heteroatoms. The van der Waals surface area contributed by atoms with E-state index in [0.29, 0.717) is 5.92 Å². The third kappa shape index (κ3) is 3.43. The molecule has 4 unspecified atom stereocenters. The van der Waals surface area contributed by atoms with Crippen molar-refractivity contribution in [1.82, 2.24) is 10.2 Å². The Morgan fingerprint density at radius 3 is 2.88 bits per heavy atom. The van der Waals surface area contributed by atoms with Crippen molar-refractivity contribution in [3.63, 3.8) is 0 Å². The van der Waals surface area contributed by atoms with Gasteiger partial charge in [0.15, 0.2) is 0 Å². The van der Waals surface area contributed by atoms with Gasteiger partial charge < -0.3 is 15.3 Å². The smallest absolute Gasteiger partial charge is 0.0583 e. The van der Waals surface area contributed by atoms with E-state index in [1.807, 2.05) is 0 Å². The van der Waals surface area contributed by atoms with E-state index in [-0.39, 0.29) is 6.10 Å². The second-order valence-electron chi connectivity index (χ2n) is 6.10. The fourth-order valence-electron chi connectivity index (χ4n) is 3.51. The van der Waals surface area contributed by atoms with E-state index in [9.17, 15) is 5.11 Å². The molecule has 1 heterocycles. The number of nitrogens with zero attached hydrogens (tertiary/aromatic N) is 1. The van der Waals surface area contributed by atoms with Gasteiger partial charge in [-0.3, -0.25) is 0 Å². The highest BCUT2D eigenvalue weighted by Gasteiger charge is 2.41. The summed E-state index contributed by atoms with van der Waals surface area (Å²) in [4.78, 5) is 2.57. The van der Waals surface area contributed by atoms with Crippen molar-refractivity contribution in [3.8, 4) is 0 Å². The first-order valence-electron chi connectivity index (χ1n) is 7.31. The highest BCUT2D eigenvalue weighted by atomic mass is 16.3. The summed E-state index contributed by atoms with van der Waals surface area (Å²) in [5, 5.41) is 13.4. The quantitative estimate of drug-likeness (QED) is 0.688. The predicted molar refractivity (Wildman–Crippen MR) is 71.0 cm³/mol. The van der Waals surface area contributed by atoms with Crippen molar-refractivity contribution in [2.45, 2.75) is 39.2 Å². The summed E-state index contributed by atoms with van der Waals surface area (Å²) >= 11 is 0. The molecule has 100 valence electrons. The first-order chi connectivity index (χ1) is 8.20. The molecule has 0 aromatic heterocycles. The third-order valence-electron chi connectivity index (χ3n) is 4.38. The lowest BCUT2D eigenvalue weighted by Crippen LogP contribution is -2.33. The first kappa shape index (κ1) is 13.3. The van der Waals surface area contributed by atoms with Crippen LogP contribution in [0.2, 0.25) is 0 Å². The van der Waals surface area contributed by atoms with Crippen LogP contribution in [0.15, 0.2) is 0 Å². The molecule has 0 aromatic carbocycles. The van der Waals surface area contributed by atoms with E-state index >= 15 is 0 Å². The molecule has 3 nitrogen and oxygen atoms in total. The topological polar surface area (TPSA) is 35.5 Å². The molecule has 0 amide bonds. The molecule has 1 saturated carbocycles. The molecule has 2 rings (SSSR count). The van der Waals surface area contributed by atoms with E-state index in [4.69, 9.17) is 0 Å². The Balaban J connectivity index is 1.67. The van der Waals surface area contributed by atoms with E-state index in [0.717, 1.165) is 37.9 Å². The number of fused-ring (bicyclic) bond motifs is 1. The van der Waals surface area contributed by atoms with Gasteiger partial charge in [-0.1, -0.05) is 13.8 Å². The summed E-state index contributed by atoms with van der Waals surface area (Å²) < 4.78 is 0. The number of rotatable bonds is 6. The number of likely N-dealkylation sites (tertiary alicyclic amines) is 1. The van der Waals surface area contributed by atoms with Crippen LogP contribution in [-0.2, 0) is 0 Å². The van der Waals surface area contributed by atoms with Crippen LogP contribution in [0, 0.1) is 17.8 Å². The van der Waals surface area contributed by atoms with Gasteiger partial charge in [0, 0.05) is 25.6 Å². The van der Waals surface area contributed by atoms with Crippen LogP contribution in [-0.4, -0.2) is 48.8 Å². The van der Waals surface area contributed by atoms with E-state index in [1.54, 1.807) is 0 Å². The number of hydrogen-bond acceptors (Lipinski definition) is 3. The highest BCUT2D eigenvalue weighted by molar-refractivity contribution is 4.93. The molecule has 4 atom stereocenters. The van der Waals surface area contributed by atoms with Crippen molar-refractivity contribution < 1.29 is 5.11 Å². The maximum absolute atomic E-state index is 9.89. The largest absolute Gasteiger partial charge is 0.393 e. The lowest BCUT2D eigenvalue weighted by Gasteiger charge is -2.22. The summed E-state index contributed by atoms with van der Waals surface area (Å²) in [5.41, 5.74) is 0. The molecule has 2 aliphatic rings. The van der Waals surface area contributed by atoms with Crippen LogP contribution in [0.5, 0.6) is 0 Å². The summed E-state index contributed by atoms with van der Waals surface area (Å²) in [6.07, 6.45) is 3.48. The monoisotopic (exact) mass is 240 g/mol. The predicted octanol–water partition coefficient (Wildman–Crippen LogP) is 1.32. The minimum atomic E-state index is -0.0153. The Morgan fingerprint density at radius 1 is 1.35 bits per heavy atom. The van der Waals surface area contributed by atoms with Crippen LogP contribution in [0.1, 0.15) is 33.1 Å². The van der Waals surface area contributed by atoms with Crippen molar-refractivity contribution in [2.24, 2.45) is 17.8 Å². The van der Waals surface area contributed by atoms with Crippen molar-refractivity contribution in [1.29, 1.82) is 0 Å².